The minimum atomic E-state index is 0.165. The van der Waals surface area contributed by atoms with Gasteiger partial charge in [-0.25, -0.2) is 0 Å². The number of allylic oxidation sites excluding steroid dienone is 1. The Morgan fingerprint density at radius 1 is 1.23 bits per heavy atom. The van der Waals surface area contributed by atoms with Crippen LogP contribution in [0.15, 0.2) is 29.8 Å². The van der Waals surface area contributed by atoms with Crippen LogP contribution in [0.25, 0.3) is 6.08 Å². The lowest BCUT2D eigenvalue weighted by atomic mass is 9.74. The number of nitrogens with one attached hydrogen (secondary N) is 1. The van der Waals surface area contributed by atoms with Gasteiger partial charge in [-0.1, -0.05) is 42.8 Å². The van der Waals surface area contributed by atoms with E-state index in [1.807, 2.05) is 6.92 Å². The van der Waals surface area contributed by atoms with Crippen molar-refractivity contribution in [1.29, 1.82) is 0 Å². The molecule has 2 heteroatoms. The van der Waals surface area contributed by atoms with Gasteiger partial charge >= 0.3 is 0 Å². The van der Waals surface area contributed by atoms with Gasteiger partial charge < -0.3 is 5.32 Å². The summed E-state index contributed by atoms with van der Waals surface area (Å²) < 4.78 is 0. The van der Waals surface area contributed by atoms with Crippen LogP contribution in [0.5, 0.6) is 0 Å². The molecule has 3 rings (SSSR count). The van der Waals surface area contributed by atoms with E-state index in [0.717, 1.165) is 12.8 Å². The van der Waals surface area contributed by atoms with Crippen LogP contribution < -0.4 is 5.32 Å². The van der Waals surface area contributed by atoms with Gasteiger partial charge in [-0.2, -0.15) is 0 Å². The Balaban J connectivity index is 1.87. The third-order valence-electron chi connectivity index (χ3n) is 5.22. The topological polar surface area (TPSA) is 29.1 Å². The Morgan fingerprint density at radius 3 is 2.59 bits per heavy atom. The van der Waals surface area contributed by atoms with E-state index in [4.69, 9.17) is 0 Å². The molecule has 1 N–H and O–H groups in total. The summed E-state index contributed by atoms with van der Waals surface area (Å²) >= 11 is 0. The van der Waals surface area contributed by atoms with Crippen molar-refractivity contribution in [3.8, 4) is 0 Å². The third-order valence-corrected chi connectivity index (χ3v) is 5.22. The zero-order valence-electron chi connectivity index (χ0n) is 13.9. The fraction of sp³-hybridized carbons (Fsp3) is 0.550. The Labute approximate surface area is 134 Å². The molecule has 0 saturated carbocycles. The molecule has 2 heterocycles. The molecular weight excluding hydrogens is 270 g/mol. The van der Waals surface area contributed by atoms with Crippen molar-refractivity contribution in [3.63, 3.8) is 0 Å². The highest BCUT2D eigenvalue weighted by Crippen LogP contribution is 2.42. The van der Waals surface area contributed by atoms with Crippen LogP contribution in [0.1, 0.15) is 63.5 Å². The summed E-state index contributed by atoms with van der Waals surface area (Å²) in [5, 5.41) is 3.66. The number of rotatable bonds is 4. The second-order valence-electron chi connectivity index (χ2n) is 7.12. The zero-order chi connectivity index (χ0) is 15.7. The molecule has 0 radical (unpaired) electrons. The molecule has 118 valence electrons. The number of carbonyl (C=O) groups is 1. The van der Waals surface area contributed by atoms with E-state index in [0.29, 0.717) is 30.2 Å². The number of hydrogen-bond acceptors (Lipinski definition) is 2. The molecule has 4 unspecified atom stereocenters. The number of hydrogen-bond donors (Lipinski definition) is 1. The summed E-state index contributed by atoms with van der Waals surface area (Å²) in [6.07, 6.45) is 6.34. The Bertz CT molecular complexity index is 568. The van der Waals surface area contributed by atoms with Gasteiger partial charge in [0.15, 0.2) is 0 Å². The molecule has 0 aliphatic carbocycles. The Morgan fingerprint density at radius 2 is 1.95 bits per heavy atom. The molecule has 2 bridgehead atoms. The molecular formula is C20H27NO. The smallest absolute Gasteiger partial charge is 0.137 e. The van der Waals surface area contributed by atoms with E-state index in [-0.39, 0.29) is 5.92 Å². The normalized spacial score (nSPS) is 30.1. The van der Waals surface area contributed by atoms with Gasteiger partial charge in [0.1, 0.15) is 5.78 Å². The van der Waals surface area contributed by atoms with Gasteiger partial charge in [0.2, 0.25) is 0 Å². The first-order valence-corrected chi connectivity index (χ1v) is 8.62. The average Bonchev–Trinajstić information content (AvgIpc) is 2.88. The van der Waals surface area contributed by atoms with Gasteiger partial charge in [0.05, 0.1) is 0 Å². The van der Waals surface area contributed by atoms with Crippen molar-refractivity contribution in [3.05, 3.63) is 41.0 Å². The van der Waals surface area contributed by atoms with Gasteiger partial charge in [-0.3, -0.25) is 4.79 Å². The summed E-state index contributed by atoms with van der Waals surface area (Å²) in [4.78, 5) is 12.5. The predicted octanol–water partition coefficient (Wildman–Crippen LogP) is 4.31. The first kappa shape index (κ1) is 15.5. The Kier molecular flexibility index (Phi) is 4.49. The third kappa shape index (κ3) is 3.03. The molecule has 4 atom stereocenters. The Hall–Kier alpha value is -1.41. The first-order chi connectivity index (χ1) is 10.6. The van der Waals surface area contributed by atoms with Crippen molar-refractivity contribution in [1.82, 2.24) is 5.32 Å². The summed E-state index contributed by atoms with van der Waals surface area (Å²) in [7, 11) is 0. The van der Waals surface area contributed by atoms with Crippen LogP contribution >= 0.6 is 0 Å². The zero-order valence-corrected chi connectivity index (χ0v) is 13.9. The van der Waals surface area contributed by atoms with E-state index < -0.39 is 0 Å². The van der Waals surface area contributed by atoms with Crippen LogP contribution in [-0.4, -0.2) is 17.9 Å². The van der Waals surface area contributed by atoms with Crippen LogP contribution in [-0.2, 0) is 4.79 Å². The second kappa shape index (κ2) is 6.37. The number of fused-ring (bicyclic) bond motifs is 2. The van der Waals surface area contributed by atoms with E-state index in [1.165, 1.54) is 23.1 Å². The summed E-state index contributed by atoms with van der Waals surface area (Å²) in [6.45, 7) is 6.24. The number of Topliss-reactive ketones (excluding diaryl/α,β-unsaturated/α-hetero) is 1. The highest BCUT2D eigenvalue weighted by atomic mass is 16.1. The van der Waals surface area contributed by atoms with Crippen molar-refractivity contribution in [2.45, 2.75) is 64.5 Å². The van der Waals surface area contributed by atoms with Crippen molar-refractivity contribution < 1.29 is 4.79 Å². The molecule has 2 nitrogen and oxygen atoms in total. The maximum absolute atomic E-state index is 12.5. The lowest BCUT2D eigenvalue weighted by Crippen LogP contribution is -2.47. The minimum Gasteiger partial charge on any atom is -0.310 e. The van der Waals surface area contributed by atoms with Gasteiger partial charge in [-0.15, -0.1) is 0 Å². The molecule has 22 heavy (non-hydrogen) atoms. The molecule has 0 amide bonds. The van der Waals surface area contributed by atoms with Crippen molar-refractivity contribution in [2.24, 2.45) is 5.92 Å². The van der Waals surface area contributed by atoms with E-state index >= 15 is 0 Å². The van der Waals surface area contributed by atoms with Crippen LogP contribution in [0.3, 0.4) is 0 Å². The molecule has 0 aromatic heterocycles. The lowest BCUT2D eigenvalue weighted by Gasteiger charge is -2.37. The molecule has 2 aliphatic rings. The molecule has 1 aromatic rings. The minimum absolute atomic E-state index is 0.165. The number of carbonyl (C=O) groups excluding carboxylic acids is 1. The highest BCUT2D eigenvalue weighted by Gasteiger charge is 2.44. The standard InChI is InChI=1S/C20H27NO/c1-4-19(22)20-17(12-16-9-10-18(20)21-16)15-7-5-14(6-8-15)11-13(2)3/h5-8,11,16-18,20-21H,4,9-10,12H2,1-3H3. The average molecular weight is 297 g/mol. The summed E-state index contributed by atoms with van der Waals surface area (Å²) in [6, 6.07) is 9.86. The van der Waals surface area contributed by atoms with Gasteiger partial charge in [0, 0.05) is 24.4 Å². The van der Waals surface area contributed by atoms with Crippen LogP contribution in [0.2, 0.25) is 0 Å². The van der Waals surface area contributed by atoms with E-state index in [9.17, 15) is 4.79 Å². The predicted molar refractivity (Wildman–Crippen MR) is 91.9 cm³/mol. The van der Waals surface area contributed by atoms with Gasteiger partial charge in [-0.05, 0) is 50.2 Å². The highest BCUT2D eigenvalue weighted by molar-refractivity contribution is 5.82. The van der Waals surface area contributed by atoms with E-state index in [1.54, 1.807) is 0 Å². The molecule has 1 aromatic carbocycles. The summed E-state index contributed by atoms with van der Waals surface area (Å²) in [5.74, 6) is 0.987. The van der Waals surface area contributed by atoms with Crippen molar-refractivity contribution in [2.75, 3.05) is 0 Å². The molecule has 2 fully saturated rings. The summed E-state index contributed by atoms with van der Waals surface area (Å²) in [5.41, 5.74) is 3.90. The SMILES string of the molecule is CCC(=O)C1C2CCC(CC1c1ccc(C=C(C)C)cc1)N2. The lowest BCUT2D eigenvalue weighted by molar-refractivity contribution is -0.124. The first-order valence-electron chi connectivity index (χ1n) is 8.62. The number of ketones is 1. The quantitative estimate of drug-likeness (QED) is 0.897. The second-order valence-corrected chi connectivity index (χ2v) is 7.12. The molecule has 2 aliphatic heterocycles. The monoisotopic (exact) mass is 297 g/mol. The molecule has 2 saturated heterocycles. The fourth-order valence-corrected chi connectivity index (χ4v) is 4.25. The number of piperidine rings is 1. The van der Waals surface area contributed by atoms with Crippen LogP contribution in [0.4, 0.5) is 0 Å². The van der Waals surface area contributed by atoms with Crippen molar-refractivity contribution >= 4 is 11.9 Å². The maximum atomic E-state index is 12.5. The largest absolute Gasteiger partial charge is 0.310 e. The number of benzene rings is 1. The maximum Gasteiger partial charge on any atom is 0.137 e. The van der Waals surface area contributed by atoms with E-state index in [2.05, 4.69) is 49.5 Å². The van der Waals surface area contributed by atoms with Gasteiger partial charge in [0.25, 0.3) is 0 Å². The molecule has 0 spiro atoms. The fourth-order valence-electron chi connectivity index (χ4n) is 4.25. The van der Waals surface area contributed by atoms with Crippen LogP contribution in [0, 0.1) is 5.92 Å².